The number of carbonyl (C=O) groups is 4. The normalized spacial score (nSPS) is 16.4. The topological polar surface area (TPSA) is 442 Å². The molecule has 34 heteroatoms. The van der Waals surface area contributed by atoms with Gasteiger partial charge in [-0.25, -0.2) is 23.0 Å². The van der Waals surface area contributed by atoms with Crippen LogP contribution in [-0.4, -0.2) is 138 Å². The summed E-state index contributed by atoms with van der Waals surface area (Å²) in [4.78, 5) is 115. The number of aromatic nitrogens is 2. The monoisotopic (exact) mass is 1290 g/mol. The first kappa shape index (κ1) is 68.2. The number of H-pyrrole nitrogens is 1. The van der Waals surface area contributed by atoms with E-state index in [0.717, 1.165) is 32.9 Å². The van der Waals surface area contributed by atoms with Crippen LogP contribution in [0.25, 0.3) is 43.9 Å². The molecule has 3 amide bonds. The maximum atomic E-state index is 13.7. The number of nitrogens with zero attached hydrogens (tertiary/aromatic N) is 5. The van der Waals surface area contributed by atoms with Crippen LogP contribution >= 0.6 is 23.2 Å². The van der Waals surface area contributed by atoms with Gasteiger partial charge in [0.05, 0.1) is 43.4 Å². The number of nitrogens with one attached hydrogen (secondary N) is 5. The summed E-state index contributed by atoms with van der Waals surface area (Å²) >= 11 is 0. The van der Waals surface area contributed by atoms with Crippen LogP contribution in [0.2, 0.25) is 0 Å². The van der Waals surface area contributed by atoms with Crippen LogP contribution in [-0.2, 0) is 45.8 Å². The van der Waals surface area contributed by atoms with Gasteiger partial charge < -0.3 is 64.4 Å². The molecule has 31 nitrogen and oxygen atoms in total. The molecule has 3 aromatic carbocycles. The number of amides is 3. The van der Waals surface area contributed by atoms with Crippen LogP contribution in [0.4, 0.5) is 5.69 Å². The van der Waals surface area contributed by atoms with Crippen LogP contribution in [0.1, 0.15) is 80.7 Å². The predicted octanol–water partition coefficient (Wildman–Crippen LogP) is 5.84. The Hall–Kier alpha value is -8.29. The van der Waals surface area contributed by atoms with Gasteiger partial charge in [-0.05, 0) is 111 Å². The minimum absolute atomic E-state index is 0.00465. The van der Waals surface area contributed by atoms with Crippen molar-refractivity contribution in [3.63, 3.8) is 0 Å². The molecule has 4 aromatic rings. The van der Waals surface area contributed by atoms with E-state index in [1.807, 2.05) is 52.0 Å². The number of anilines is 1. The molecule has 1 saturated heterocycles. The van der Waals surface area contributed by atoms with Gasteiger partial charge in [0.2, 0.25) is 5.91 Å². The van der Waals surface area contributed by atoms with Crippen LogP contribution in [0.3, 0.4) is 0 Å². The molecule has 0 bridgehead atoms. The largest absolute Gasteiger partial charge is 0.491 e. The van der Waals surface area contributed by atoms with Gasteiger partial charge in [0.15, 0.2) is 6.23 Å². The number of hydrogen-bond acceptors (Lipinski definition) is 20. The third-order valence-electron chi connectivity index (χ3n) is 12.8. The van der Waals surface area contributed by atoms with Crippen molar-refractivity contribution in [1.82, 2.24) is 25.5 Å². The van der Waals surface area contributed by atoms with Crippen molar-refractivity contribution in [2.45, 2.75) is 59.1 Å². The zero-order valence-electron chi connectivity index (χ0n) is 48.5. The summed E-state index contributed by atoms with van der Waals surface area (Å²) in [6.07, 6.45) is -1.78. The van der Waals surface area contributed by atoms with Crippen molar-refractivity contribution < 1.29 is 89.2 Å². The Morgan fingerprint density at radius 1 is 0.899 bits per heavy atom. The number of phosphoric ester groups is 1. The first-order chi connectivity index (χ1) is 42.3. The van der Waals surface area contributed by atoms with E-state index in [4.69, 9.17) is 33.8 Å². The maximum absolute atomic E-state index is 13.7. The van der Waals surface area contributed by atoms with Crippen LogP contribution in [0.15, 0.2) is 97.0 Å². The second kappa shape index (κ2) is 30.8. The van der Waals surface area contributed by atoms with Crippen LogP contribution < -0.4 is 42.6 Å². The quantitative estimate of drug-likeness (QED) is 0.00506. The zero-order chi connectivity index (χ0) is 64.6. The van der Waals surface area contributed by atoms with Gasteiger partial charge in [0.25, 0.3) is 17.4 Å². The second-order valence-electron chi connectivity index (χ2n) is 19.6. The SMILES string of the molecule is CCN=c1cc2oc3cc(NCC)c(C)cc3c(-c3cc(C(=O)NCCNC(=O)c4cccc(OCC(N=[N+]=[N-])OCCOCC(=O)NCC#Cc5cn([C@H]6CC[C@@H](COP(=O)(O)OP(=O)(O)OP(C)(=O)O)O6)c(=O)[nH]c5=O)c4)ccc3C(=O)O)c-2cc1C. The molecule has 474 valence electrons. The highest BCUT2D eigenvalue weighted by atomic mass is 31.3. The number of aryl methyl sites for hydroxylation is 2. The van der Waals surface area contributed by atoms with E-state index >= 15 is 0 Å². The molecule has 1 aromatic heterocycles. The average Bonchev–Trinajstić information content (AvgIpc) is 1.13. The number of benzene rings is 4. The molecule has 3 aliphatic rings. The van der Waals surface area contributed by atoms with E-state index in [0.29, 0.717) is 53.2 Å². The Morgan fingerprint density at radius 3 is 2.34 bits per heavy atom. The highest BCUT2D eigenvalue weighted by Crippen LogP contribution is 2.66. The molecule has 7 rings (SSSR count). The average molecular weight is 1290 g/mol. The number of ether oxygens (including phenoxy) is 4. The fourth-order valence-corrected chi connectivity index (χ4v) is 12.5. The molecule has 9 N–H and O–H groups in total. The first-order valence-corrected chi connectivity index (χ1v) is 32.2. The number of aromatic carboxylic acids is 1. The number of carboxylic acid groups (broad SMARTS) is 1. The lowest BCUT2D eigenvalue weighted by atomic mass is 9.88. The van der Waals surface area contributed by atoms with Crippen molar-refractivity contribution in [2.24, 2.45) is 10.1 Å². The molecular formula is C55H63N10O21P3. The molecular weight excluding hydrogens is 1230 g/mol. The molecule has 89 heavy (non-hydrogen) atoms. The molecule has 1 aliphatic carbocycles. The molecule has 0 spiro atoms. The number of phosphoric acid groups is 2. The smallest absolute Gasteiger partial charge is 0.488 e. The van der Waals surface area contributed by atoms with Crippen molar-refractivity contribution in [3.8, 4) is 40.0 Å². The second-order valence-corrected chi connectivity index (χ2v) is 24.6. The molecule has 3 heterocycles. The molecule has 2 aliphatic heterocycles. The highest BCUT2D eigenvalue weighted by Gasteiger charge is 2.40. The Balaban J connectivity index is 0.845. The zero-order valence-corrected chi connectivity index (χ0v) is 51.1. The van der Waals surface area contributed by atoms with Crippen molar-refractivity contribution in [2.75, 3.05) is 77.7 Å². The summed E-state index contributed by atoms with van der Waals surface area (Å²) in [6.45, 7) is 7.55. The minimum atomic E-state index is -5.50. The molecule has 0 saturated carbocycles. The third kappa shape index (κ3) is 19.4. The molecule has 1 fully saturated rings. The summed E-state index contributed by atoms with van der Waals surface area (Å²) in [5, 5.41) is 26.7. The molecule has 4 unspecified atom stereocenters. The lowest BCUT2D eigenvalue weighted by Crippen LogP contribution is -2.34. The molecule has 0 radical (unpaired) electrons. The summed E-state index contributed by atoms with van der Waals surface area (Å²) in [5.41, 5.74) is 12.2. The number of hydrogen-bond donors (Lipinski definition) is 9. The Bertz CT molecular complexity index is 4070. The summed E-state index contributed by atoms with van der Waals surface area (Å²) in [7, 11) is -15.4. The fourth-order valence-electron chi connectivity index (χ4n) is 8.98. The van der Waals surface area contributed by atoms with E-state index < -0.39 is 90.0 Å². The maximum Gasteiger partial charge on any atom is 0.488 e. The highest BCUT2D eigenvalue weighted by molar-refractivity contribution is 7.68. The lowest BCUT2D eigenvalue weighted by molar-refractivity contribution is -0.126. The van der Waals surface area contributed by atoms with E-state index in [1.54, 1.807) is 12.1 Å². The summed E-state index contributed by atoms with van der Waals surface area (Å²) in [6, 6.07) is 18.0. The Morgan fingerprint density at radius 2 is 1.64 bits per heavy atom. The predicted molar refractivity (Wildman–Crippen MR) is 319 cm³/mol. The summed E-state index contributed by atoms with van der Waals surface area (Å²) in [5.74, 6) is 3.00. The third-order valence-corrected chi connectivity index (χ3v) is 17.0. The number of azide groups is 1. The number of carbonyl (C=O) groups excluding carboxylic acids is 3. The van der Waals surface area contributed by atoms with E-state index in [1.165, 1.54) is 30.3 Å². The van der Waals surface area contributed by atoms with Crippen molar-refractivity contribution >= 4 is 63.6 Å². The standard InChI is InChI=1S/C55H63N10O21P3/c1-6-57-43-26-45-41(22-32(43)3)50(42-23-33(4)44(58-7-2)27-46(42)84-45)40-25-35(13-15-39(40)54(70)71)52(68)61-19-18-60-51(67)34-10-8-12-37(24-34)81-31-48(63-64-56)80-21-20-79-30-47(66)59-17-9-11-36-28-65(55(72)62-53(36)69)49-16-14-38(83-49)29-82-88(75,76)86-89(77,78)85-87(5,73)74/h8,10,12-13,15,22-28,38,48-49,57H,6-7,14,16-21,29-31H2,1-5H3,(H,59,66)(H,60,67)(H,61,68)(H,70,71)(H,73,74)(H,75,76)(H,77,78)(H,62,69,72)/t38-,48?,49+/m0/s1. The van der Waals surface area contributed by atoms with Crippen LogP contribution in [0, 0.1) is 25.7 Å². The van der Waals surface area contributed by atoms with Gasteiger partial charge in [-0.1, -0.05) is 23.0 Å². The number of aromatic amines is 1. The first-order valence-electron chi connectivity index (χ1n) is 27.2. The van der Waals surface area contributed by atoms with E-state index in [9.17, 15) is 57.4 Å². The summed E-state index contributed by atoms with van der Waals surface area (Å²) < 4.78 is 77.5. The number of rotatable bonds is 29. The van der Waals surface area contributed by atoms with Crippen LogP contribution in [0.5, 0.6) is 5.75 Å². The van der Waals surface area contributed by atoms with E-state index in [-0.39, 0.29) is 80.3 Å². The molecule has 6 atom stereocenters. The van der Waals surface area contributed by atoms with Gasteiger partial charge in [-0.2, -0.15) is 4.31 Å². The Kier molecular flexibility index (Phi) is 23.6. The van der Waals surface area contributed by atoms with Gasteiger partial charge >= 0.3 is 34.9 Å². The lowest BCUT2D eigenvalue weighted by Gasteiger charge is -2.20. The van der Waals surface area contributed by atoms with Crippen molar-refractivity contribution in [1.29, 1.82) is 0 Å². The van der Waals surface area contributed by atoms with E-state index in [2.05, 4.69) is 66.3 Å². The number of carboxylic acids is 1. The number of fused-ring (bicyclic) bond motifs is 2. The van der Waals surface area contributed by atoms with Gasteiger partial charge in [0, 0.05) is 89.4 Å². The minimum Gasteiger partial charge on any atom is -0.491 e. The fraction of sp³-hybridized carbons (Fsp3) is 0.364. The van der Waals surface area contributed by atoms with Gasteiger partial charge in [0.1, 0.15) is 42.1 Å². The Labute approximate surface area is 506 Å². The van der Waals surface area contributed by atoms with Gasteiger partial charge in [-0.15, -0.1) is 0 Å². The van der Waals surface area contributed by atoms with Crippen molar-refractivity contribution in [3.05, 3.63) is 143 Å². The van der Waals surface area contributed by atoms with Gasteiger partial charge in [-0.3, -0.25) is 42.8 Å².